The van der Waals surface area contributed by atoms with Crippen LogP contribution >= 0.6 is 0 Å². The highest BCUT2D eigenvalue weighted by Crippen LogP contribution is 2.29. The molecule has 0 unspecified atom stereocenters. The highest BCUT2D eigenvalue weighted by molar-refractivity contribution is 7.90. The second kappa shape index (κ2) is 7.26. The number of aryl methyl sites for hydroxylation is 1. The van der Waals surface area contributed by atoms with Crippen molar-refractivity contribution in [3.63, 3.8) is 0 Å². The second-order valence-electron chi connectivity index (χ2n) is 5.88. The van der Waals surface area contributed by atoms with Crippen molar-refractivity contribution in [3.05, 3.63) is 45.4 Å². The summed E-state index contributed by atoms with van der Waals surface area (Å²) in [6.45, 7) is 6.45. The molecule has 2 rings (SSSR count). The third-order valence-corrected chi connectivity index (χ3v) is 5.16. The summed E-state index contributed by atoms with van der Waals surface area (Å²) in [5, 5.41) is 5.84. The normalized spacial score (nSPS) is 11.5. The van der Waals surface area contributed by atoms with Crippen LogP contribution in [0.5, 0.6) is 0 Å². The van der Waals surface area contributed by atoms with E-state index in [-0.39, 0.29) is 16.0 Å². The maximum absolute atomic E-state index is 12.8. The SMILES string of the molecule is CCCNc1c(S(C)(=O)=O)ccc(C(=O)c2c[nH]n(CC)c2=O)c1C. The number of carbonyl (C=O) groups is 1. The smallest absolute Gasteiger partial charge is 0.277 e. The minimum Gasteiger partial charge on any atom is -0.384 e. The molecule has 1 aromatic heterocycles. The van der Waals surface area contributed by atoms with Gasteiger partial charge in [0.05, 0.1) is 10.6 Å². The number of hydrogen-bond donors (Lipinski definition) is 2. The quantitative estimate of drug-likeness (QED) is 0.731. The van der Waals surface area contributed by atoms with Crippen LogP contribution in [0.4, 0.5) is 5.69 Å². The maximum Gasteiger partial charge on any atom is 0.277 e. The van der Waals surface area contributed by atoms with Crippen LogP contribution in [-0.2, 0) is 16.4 Å². The number of nitrogens with zero attached hydrogens (tertiary/aromatic N) is 1. The average Bonchev–Trinajstić information content (AvgIpc) is 2.92. The molecule has 2 aromatic rings. The molecule has 136 valence electrons. The monoisotopic (exact) mass is 365 g/mol. The van der Waals surface area contributed by atoms with E-state index in [1.807, 2.05) is 6.92 Å². The Morgan fingerprint density at radius 2 is 1.92 bits per heavy atom. The van der Waals surface area contributed by atoms with Gasteiger partial charge in [-0.15, -0.1) is 0 Å². The lowest BCUT2D eigenvalue weighted by Gasteiger charge is -2.16. The van der Waals surface area contributed by atoms with Crippen molar-refractivity contribution >= 4 is 21.3 Å². The van der Waals surface area contributed by atoms with Gasteiger partial charge in [0.25, 0.3) is 5.56 Å². The van der Waals surface area contributed by atoms with Gasteiger partial charge in [0.2, 0.25) is 5.78 Å². The molecule has 1 heterocycles. The summed E-state index contributed by atoms with van der Waals surface area (Å²) >= 11 is 0. The molecule has 0 aliphatic carbocycles. The molecule has 0 aliphatic rings. The molecule has 0 amide bonds. The Bertz CT molecular complexity index is 955. The summed E-state index contributed by atoms with van der Waals surface area (Å²) < 4.78 is 25.4. The average molecular weight is 365 g/mol. The van der Waals surface area contributed by atoms with Crippen LogP contribution in [0.25, 0.3) is 0 Å². The van der Waals surface area contributed by atoms with E-state index in [0.717, 1.165) is 12.7 Å². The molecule has 25 heavy (non-hydrogen) atoms. The van der Waals surface area contributed by atoms with Crippen LogP contribution < -0.4 is 10.9 Å². The Hall–Kier alpha value is -2.35. The van der Waals surface area contributed by atoms with Crippen LogP contribution in [0.15, 0.2) is 28.0 Å². The van der Waals surface area contributed by atoms with Crippen molar-refractivity contribution in [1.82, 2.24) is 9.78 Å². The van der Waals surface area contributed by atoms with Crippen LogP contribution in [0, 0.1) is 6.92 Å². The van der Waals surface area contributed by atoms with E-state index in [1.54, 1.807) is 13.8 Å². The number of anilines is 1. The molecule has 0 radical (unpaired) electrons. The number of H-pyrrole nitrogens is 1. The first-order valence-corrected chi connectivity index (χ1v) is 10.0. The van der Waals surface area contributed by atoms with Gasteiger partial charge in [-0.05, 0) is 38.0 Å². The van der Waals surface area contributed by atoms with Crippen molar-refractivity contribution < 1.29 is 13.2 Å². The molecular weight excluding hydrogens is 342 g/mol. The number of aromatic amines is 1. The minimum absolute atomic E-state index is 0.0403. The summed E-state index contributed by atoms with van der Waals surface area (Å²) in [5.41, 5.74) is 0.901. The van der Waals surface area contributed by atoms with E-state index in [0.29, 0.717) is 29.9 Å². The molecule has 0 atom stereocenters. The number of rotatable bonds is 7. The summed E-state index contributed by atoms with van der Waals surface area (Å²) in [4.78, 5) is 25.2. The molecule has 0 bridgehead atoms. The van der Waals surface area contributed by atoms with E-state index in [2.05, 4.69) is 10.4 Å². The van der Waals surface area contributed by atoms with Crippen molar-refractivity contribution in [2.24, 2.45) is 0 Å². The number of sulfone groups is 1. The molecule has 0 saturated heterocycles. The van der Waals surface area contributed by atoms with Crippen molar-refractivity contribution in [1.29, 1.82) is 0 Å². The predicted octanol–water partition coefficient (Wildman–Crippen LogP) is 1.96. The number of nitrogens with one attached hydrogen (secondary N) is 2. The second-order valence-corrected chi connectivity index (χ2v) is 7.86. The summed E-state index contributed by atoms with van der Waals surface area (Å²) in [6.07, 6.45) is 3.32. The van der Waals surface area contributed by atoms with Gasteiger partial charge in [0.1, 0.15) is 5.56 Å². The maximum atomic E-state index is 12.8. The molecular formula is C17H23N3O4S. The van der Waals surface area contributed by atoms with Crippen LogP contribution in [0.2, 0.25) is 0 Å². The standard InChI is InChI=1S/C17H23N3O4S/c1-5-9-18-15-11(3)12(7-8-14(15)25(4,23)24)16(21)13-10-19-20(6-2)17(13)22/h7-8,10,18-19H,5-6,9H2,1-4H3. The van der Waals surface area contributed by atoms with Crippen molar-refractivity contribution in [2.75, 3.05) is 18.1 Å². The lowest BCUT2D eigenvalue weighted by Crippen LogP contribution is -2.22. The molecule has 0 saturated carbocycles. The van der Waals surface area contributed by atoms with E-state index >= 15 is 0 Å². The number of carbonyl (C=O) groups excluding carboxylic acids is 1. The Kier molecular flexibility index (Phi) is 5.52. The van der Waals surface area contributed by atoms with Gasteiger partial charge >= 0.3 is 0 Å². The number of aromatic nitrogens is 2. The van der Waals surface area contributed by atoms with E-state index < -0.39 is 15.6 Å². The largest absolute Gasteiger partial charge is 0.384 e. The molecule has 0 aliphatic heterocycles. The summed E-state index contributed by atoms with van der Waals surface area (Å²) in [5.74, 6) is -0.425. The third-order valence-electron chi connectivity index (χ3n) is 4.02. The first kappa shape index (κ1) is 19.0. The molecule has 0 spiro atoms. The van der Waals surface area contributed by atoms with Gasteiger partial charge in [-0.1, -0.05) is 6.92 Å². The zero-order valence-corrected chi connectivity index (χ0v) is 15.7. The van der Waals surface area contributed by atoms with E-state index in [1.165, 1.54) is 23.0 Å². The topological polar surface area (TPSA) is 101 Å². The highest BCUT2D eigenvalue weighted by Gasteiger charge is 2.23. The highest BCUT2D eigenvalue weighted by atomic mass is 32.2. The minimum atomic E-state index is -3.45. The molecule has 7 nitrogen and oxygen atoms in total. The van der Waals surface area contributed by atoms with Gasteiger partial charge in [0, 0.05) is 31.1 Å². The lowest BCUT2D eigenvalue weighted by molar-refractivity contribution is 0.103. The van der Waals surface area contributed by atoms with Crippen LogP contribution in [-0.4, -0.2) is 36.8 Å². The molecule has 8 heteroatoms. The first-order chi connectivity index (χ1) is 11.7. The van der Waals surface area contributed by atoms with Gasteiger partial charge in [-0.25, -0.2) is 8.42 Å². The van der Waals surface area contributed by atoms with Gasteiger partial charge < -0.3 is 10.4 Å². The van der Waals surface area contributed by atoms with Gasteiger partial charge in [-0.2, -0.15) is 0 Å². The fourth-order valence-electron chi connectivity index (χ4n) is 2.66. The Labute approximate surface area is 147 Å². The predicted molar refractivity (Wildman–Crippen MR) is 97.2 cm³/mol. The third kappa shape index (κ3) is 3.68. The zero-order chi connectivity index (χ0) is 18.8. The molecule has 2 N–H and O–H groups in total. The van der Waals surface area contributed by atoms with Crippen LogP contribution in [0.3, 0.4) is 0 Å². The van der Waals surface area contributed by atoms with E-state index in [9.17, 15) is 18.0 Å². The number of benzene rings is 1. The lowest BCUT2D eigenvalue weighted by atomic mass is 9.99. The fraction of sp³-hybridized carbons (Fsp3) is 0.412. The molecule has 0 fully saturated rings. The fourth-order valence-corrected chi connectivity index (χ4v) is 3.57. The molecule has 1 aromatic carbocycles. The summed E-state index contributed by atoms with van der Waals surface area (Å²) in [7, 11) is -3.45. The Morgan fingerprint density at radius 3 is 2.44 bits per heavy atom. The number of hydrogen-bond acceptors (Lipinski definition) is 5. The zero-order valence-electron chi connectivity index (χ0n) is 14.8. The van der Waals surface area contributed by atoms with Gasteiger partial charge in [0.15, 0.2) is 9.84 Å². The Morgan fingerprint density at radius 1 is 1.24 bits per heavy atom. The Balaban J connectivity index is 2.60. The number of ketones is 1. The van der Waals surface area contributed by atoms with E-state index in [4.69, 9.17) is 0 Å². The van der Waals surface area contributed by atoms with Gasteiger partial charge in [-0.3, -0.25) is 14.3 Å². The first-order valence-electron chi connectivity index (χ1n) is 8.12. The van der Waals surface area contributed by atoms with Crippen molar-refractivity contribution in [3.8, 4) is 0 Å². The van der Waals surface area contributed by atoms with Crippen LogP contribution in [0.1, 0.15) is 41.8 Å². The van der Waals surface area contributed by atoms with Crippen molar-refractivity contribution in [2.45, 2.75) is 38.6 Å². The summed E-state index contributed by atoms with van der Waals surface area (Å²) in [6, 6.07) is 2.88.